The molecule has 0 heterocycles. The molecule has 0 saturated carbocycles. The second kappa shape index (κ2) is 5.53. The van der Waals surface area contributed by atoms with Gasteiger partial charge < -0.3 is 0 Å². The van der Waals surface area contributed by atoms with E-state index < -0.39 is 0 Å². The van der Waals surface area contributed by atoms with E-state index in [4.69, 9.17) is 0 Å². The van der Waals surface area contributed by atoms with Crippen molar-refractivity contribution in [2.45, 2.75) is 13.3 Å². The summed E-state index contributed by atoms with van der Waals surface area (Å²) in [7, 11) is 0. The molecule has 0 fully saturated rings. The summed E-state index contributed by atoms with van der Waals surface area (Å²) in [6, 6.07) is 9.75. The molecular formula is C9H11NaO. The first-order valence-electron chi connectivity index (χ1n) is 3.32. The van der Waals surface area contributed by atoms with Gasteiger partial charge in [-0.3, -0.25) is 4.79 Å². The molecule has 0 aliphatic carbocycles. The normalized spacial score (nSPS) is 8.45. The number of Topliss-reactive ketones (excluding diaryl/α,β-unsaturated/α-hetero) is 1. The minimum absolute atomic E-state index is 0. The first kappa shape index (κ1) is 10.9. The average Bonchev–Trinajstić information content (AvgIpc) is 1.88. The Morgan fingerprint density at radius 1 is 1.27 bits per heavy atom. The van der Waals surface area contributed by atoms with Crippen molar-refractivity contribution in [3.63, 3.8) is 0 Å². The Morgan fingerprint density at radius 3 is 2.27 bits per heavy atom. The molecule has 1 nitrogen and oxygen atoms in total. The predicted molar refractivity (Wildman–Crippen MR) is 48.0 cm³/mol. The second-order valence-electron chi connectivity index (χ2n) is 2.36. The maximum absolute atomic E-state index is 10.6. The molecule has 2 heteroatoms. The van der Waals surface area contributed by atoms with E-state index >= 15 is 0 Å². The van der Waals surface area contributed by atoms with Gasteiger partial charge in [-0.25, -0.2) is 0 Å². The van der Waals surface area contributed by atoms with E-state index in [1.807, 2.05) is 30.3 Å². The van der Waals surface area contributed by atoms with Gasteiger partial charge in [0, 0.05) is 6.42 Å². The Balaban J connectivity index is 0.000001000. The van der Waals surface area contributed by atoms with Crippen molar-refractivity contribution in [3.8, 4) is 0 Å². The van der Waals surface area contributed by atoms with Crippen LogP contribution in [0.4, 0.5) is 0 Å². The van der Waals surface area contributed by atoms with Gasteiger partial charge in [-0.15, -0.1) is 0 Å². The standard InChI is InChI=1S/C9H10O.Na.H/c1-8(10)7-9-5-3-2-4-6-9;;/h2-6H,7H2,1H3;;. The molecule has 0 amide bonds. The summed E-state index contributed by atoms with van der Waals surface area (Å²) >= 11 is 0. The second-order valence-corrected chi connectivity index (χ2v) is 2.36. The molecule has 54 valence electrons. The van der Waals surface area contributed by atoms with Crippen molar-refractivity contribution in [3.05, 3.63) is 35.9 Å². The van der Waals surface area contributed by atoms with Crippen LogP contribution >= 0.6 is 0 Å². The molecule has 0 unspecified atom stereocenters. The Hall–Kier alpha value is -0.110. The summed E-state index contributed by atoms with van der Waals surface area (Å²) in [5.74, 6) is 0.214. The third-order valence-corrected chi connectivity index (χ3v) is 1.30. The molecule has 0 radical (unpaired) electrons. The number of carbonyl (C=O) groups excluding carboxylic acids is 1. The van der Waals surface area contributed by atoms with Crippen molar-refractivity contribution >= 4 is 35.3 Å². The van der Waals surface area contributed by atoms with E-state index in [0.29, 0.717) is 6.42 Å². The van der Waals surface area contributed by atoms with Gasteiger partial charge >= 0.3 is 29.6 Å². The van der Waals surface area contributed by atoms with Crippen molar-refractivity contribution in [2.24, 2.45) is 0 Å². The Morgan fingerprint density at radius 2 is 1.82 bits per heavy atom. The molecule has 1 rings (SSSR count). The fourth-order valence-electron chi connectivity index (χ4n) is 0.883. The summed E-state index contributed by atoms with van der Waals surface area (Å²) in [6.07, 6.45) is 0.556. The van der Waals surface area contributed by atoms with Crippen LogP contribution in [0.5, 0.6) is 0 Å². The summed E-state index contributed by atoms with van der Waals surface area (Å²) < 4.78 is 0. The molecule has 0 aromatic heterocycles. The number of hydrogen-bond donors (Lipinski definition) is 0. The van der Waals surface area contributed by atoms with Crippen molar-refractivity contribution in [2.75, 3.05) is 0 Å². The molecule has 0 saturated heterocycles. The van der Waals surface area contributed by atoms with Crippen molar-refractivity contribution in [1.82, 2.24) is 0 Å². The van der Waals surface area contributed by atoms with Crippen LogP contribution in [0.3, 0.4) is 0 Å². The van der Waals surface area contributed by atoms with Gasteiger partial charge in [0.15, 0.2) is 0 Å². The van der Waals surface area contributed by atoms with E-state index in [-0.39, 0.29) is 35.3 Å². The molecule has 0 atom stereocenters. The molecule has 1 aromatic carbocycles. The SMILES string of the molecule is CC(=O)Cc1ccccc1.[NaH]. The fraction of sp³-hybridized carbons (Fsp3) is 0.222. The van der Waals surface area contributed by atoms with Crippen molar-refractivity contribution < 1.29 is 4.79 Å². The van der Waals surface area contributed by atoms with E-state index in [2.05, 4.69) is 0 Å². The Kier molecular flexibility index (Phi) is 5.47. The van der Waals surface area contributed by atoms with Gasteiger partial charge in [0.2, 0.25) is 0 Å². The van der Waals surface area contributed by atoms with Gasteiger partial charge in [-0.1, -0.05) is 30.3 Å². The summed E-state index contributed by atoms with van der Waals surface area (Å²) in [6.45, 7) is 1.60. The van der Waals surface area contributed by atoms with Crippen LogP contribution in [0.25, 0.3) is 0 Å². The van der Waals surface area contributed by atoms with Gasteiger partial charge in [-0.2, -0.15) is 0 Å². The topological polar surface area (TPSA) is 17.1 Å². The van der Waals surface area contributed by atoms with Crippen molar-refractivity contribution in [1.29, 1.82) is 0 Å². The van der Waals surface area contributed by atoms with Crippen LogP contribution in [0.2, 0.25) is 0 Å². The number of benzene rings is 1. The Labute approximate surface area is 89.1 Å². The summed E-state index contributed by atoms with van der Waals surface area (Å²) in [5, 5.41) is 0. The van der Waals surface area contributed by atoms with E-state index in [0.717, 1.165) is 5.56 Å². The van der Waals surface area contributed by atoms with Crippen LogP contribution in [0.1, 0.15) is 12.5 Å². The first-order valence-corrected chi connectivity index (χ1v) is 3.32. The third-order valence-electron chi connectivity index (χ3n) is 1.30. The molecule has 0 spiro atoms. The molecule has 0 bridgehead atoms. The average molecular weight is 158 g/mol. The van der Waals surface area contributed by atoms with Gasteiger partial charge in [0.25, 0.3) is 0 Å². The number of ketones is 1. The van der Waals surface area contributed by atoms with E-state index in [9.17, 15) is 4.79 Å². The van der Waals surface area contributed by atoms with E-state index in [1.54, 1.807) is 6.92 Å². The monoisotopic (exact) mass is 158 g/mol. The summed E-state index contributed by atoms with van der Waals surface area (Å²) in [4.78, 5) is 10.6. The molecule has 0 aliphatic rings. The zero-order valence-electron chi connectivity index (χ0n) is 6.00. The quantitative estimate of drug-likeness (QED) is 0.590. The molecule has 11 heavy (non-hydrogen) atoms. The Bertz CT molecular complexity index is 218. The first-order chi connectivity index (χ1) is 4.79. The zero-order chi connectivity index (χ0) is 7.40. The summed E-state index contributed by atoms with van der Waals surface area (Å²) in [5.41, 5.74) is 1.09. The van der Waals surface area contributed by atoms with Crippen LogP contribution in [-0.2, 0) is 11.2 Å². The number of rotatable bonds is 2. The van der Waals surface area contributed by atoms with E-state index in [1.165, 1.54) is 0 Å². The van der Waals surface area contributed by atoms with Crippen LogP contribution < -0.4 is 0 Å². The van der Waals surface area contributed by atoms with Gasteiger partial charge in [0.1, 0.15) is 5.78 Å². The number of hydrogen-bond acceptors (Lipinski definition) is 1. The predicted octanol–water partition coefficient (Wildman–Crippen LogP) is 1.17. The molecule has 1 aromatic rings. The van der Waals surface area contributed by atoms with Crippen LogP contribution in [0.15, 0.2) is 30.3 Å². The maximum atomic E-state index is 10.6. The van der Waals surface area contributed by atoms with Crippen LogP contribution in [-0.4, -0.2) is 35.3 Å². The minimum atomic E-state index is 0. The van der Waals surface area contributed by atoms with Crippen LogP contribution in [0, 0.1) is 0 Å². The van der Waals surface area contributed by atoms with Gasteiger partial charge in [-0.05, 0) is 12.5 Å². The number of carbonyl (C=O) groups is 1. The molecule has 0 aliphatic heterocycles. The molecular weight excluding hydrogens is 147 g/mol. The third kappa shape index (κ3) is 4.35. The fourth-order valence-corrected chi connectivity index (χ4v) is 0.883. The van der Waals surface area contributed by atoms with Gasteiger partial charge in [0.05, 0.1) is 0 Å². The zero-order valence-corrected chi connectivity index (χ0v) is 6.00. The molecule has 0 N–H and O–H groups in total.